The summed E-state index contributed by atoms with van der Waals surface area (Å²) in [5.74, 6) is -0.640. The first-order valence-electron chi connectivity index (χ1n) is 5.77. The Balaban J connectivity index is 2.25. The number of carbonyl (C=O) groups is 2. The van der Waals surface area contributed by atoms with Gasteiger partial charge in [-0.3, -0.25) is 13.8 Å². The van der Waals surface area contributed by atoms with Crippen LogP contribution in [0.25, 0.3) is 0 Å². The molecule has 0 aliphatic heterocycles. The van der Waals surface area contributed by atoms with Gasteiger partial charge in [0.15, 0.2) is 11.6 Å². The van der Waals surface area contributed by atoms with Crippen LogP contribution in [-0.2, 0) is 11.3 Å². The molecular weight excluding hydrogens is 278 g/mol. The summed E-state index contributed by atoms with van der Waals surface area (Å²) in [7, 11) is 0. The molecule has 0 fully saturated rings. The van der Waals surface area contributed by atoms with Crippen molar-refractivity contribution in [1.29, 1.82) is 0 Å². The molecule has 100 valence electrons. The van der Waals surface area contributed by atoms with Gasteiger partial charge >= 0.3 is 0 Å². The molecular formula is C14H8NO4S-. The van der Waals surface area contributed by atoms with Gasteiger partial charge in [0.2, 0.25) is 0 Å². The van der Waals surface area contributed by atoms with E-state index >= 15 is 0 Å². The predicted octanol–water partition coefficient (Wildman–Crippen LogP) is 1.67. The Kier molecular flexibility index (Phi) is 2.96. The Morgan fingerprint density at radius 2 is 1.45 bits per heavy atom. The minimum Gasteiger partial charge on any atom is -0.755 e. The molecule has 0 radical (unpaired) electrons. The molecule has 3 rings (SSSR count). The molecule has 1 unspecified atom stereocenters. The van der Waals surface area contributed by atoms with E-state index in [9.17, 15) is 18.4 Å². The van der Waals surface area contributed by atoms with E-state index in [1.54, 1.807) is 24.3 Å². The van der Waals surface area contributed by atoms with E-state index in [1.165, 1.54) is 18.2 Å². The molecule has 20 heavy (non-hydrogen) atoms. The van der Waals surface area contributed by atoms with Crippen molar-refractivity contribution in [2.45, 2.75) is 0 Å². The highest BCUT2D eigenvalue weighted by Crippen LogP contribution is 2.31. The maximum atomic E-state index is 12.5. The molecule has 0 saturated carbocycles. The molecule has 5 nitrogen and oxygen atoms in total. The first-order valence-corrected chi connectivity index (χ1v) is 6.84. The normalized spacial score (nSPS) is 14.4. The first kappa shape index (κ1) is 12.7. The summed E-state index contributed by atoms with van der Waals surface area (Å²) in [4.78, 5) is 24.8. The topological polar surface area (TPSA) is 86.3 Å². The third kappa shape index (κ3) is 1.86. The lowest BCUT2D eigenvalue weighted by Gasteiger charge is -2.21. The van der Waals surface area contributed by atoms with E-state index in [1.807, 2.05) is 0 Å². The number of ketones is 2. The van der Waals surface area contributed by atoms with Gasteiger partial charge in [-0.1, -0.05) is 36.4 Å². The van der Waals surface area contributed by atoms with Gasteiger partial charge in [-0.15, -0.1) is 0 Å². The summed E-state index contributed by atoms with van der Waals surface area (Å²) in [6.07, 6.45) is 0. The number of anilines is 1. The molecule has 0 saturated heterocycles. The van der Waals surface area contributed by atoms with Gasteiger partial charge in [0.1, 0.15) is 0 Å². The lowest BCUT2D eigenvalue weighted by atomic mass is 9.83. The number of hydrogen-bond acceptors (Lipinski definition) is 4. The molecule has 0 aromatic heterocycles. The van der Waals surface area contributed by atoms with Crippen LogP contribution in [0.3, 0.4) is 0 Å². The first-order chi connectivity index (χ1) is 9.59. The van der Waals surface area contributed by atoms with E-state index in [4.69, 9.17) is 0 Å². The number of fused-ring (bicyclic) bond motifs is 2. The lowest BCUT2D eigenvalue weighted by molar-refractivity contribution is 0.0979. The van der Waals surface area contributed by atoms with Crippen LogP contribution in [0, 0.1) is 0 Å². The third-order valence-electron chi connectivity index (χ3n) is 3.15. The standard InChI is InChI=1S/C14H9NO4S/c16-13-8-4-1-2-5-9(8)14(17)12-10(13)6-3-7-11(12)15-20(18)19/h1-7,15H,(H,18,19)/p-1. The third-order valence-corrected chi connectivity index (χ3v) is 3.53. The zero-order valence-electron chi connectivity index (χ0n) is 10.1. The van der Waals surface area contributed by atoms with Crippen LogP contribution in [0.15, 0.2) is 42.5 Å². The number of carbonyl (C=O) groups excluding carboxylic acids is 2. The Morgan fingerprint density at radius 1 is 0.850 bits per heavy atom. The molecule has 0 bridgehead atoms. The van der Waals surface area contributed by atoms with Crippen molar-refractivity contribution < 1.29 is 18.4 Å². The largest absolute Gasteiger partial charge is 0.755 e. The minimum atomic E-state index is -2.56. The fraction of sp³-hybridized carbons (Fsp3) is 0. The average Bonchev–Trinajstić information content (AvgIpc) is 2.44. The molecule has 0 heterocycles. The second-order valence-electron chi connectivity index (χ2n) is 4.27. The SMILES string of the molecule is O=C1c2ccccc2C(=O)c2c(NS(=O)[O-])cccc21. The monoisotopic (exact) mass is 286 g/mol. The van der Waals surface area contributed by atoms with Crippen molar-refractivity contribution in [2.75, 3.05) is 4.72 Å². The van der Waals surface area contributed by atoms with Gasteiger partial charge in [-0.25, -0.2) is 0 Å². The van der Waals surface area contributed by atoms with Crippen LogP contribution in [-0.4, -0.2) is 20.3 Å². The van der Waals surface area contributed by atoms with Crippen molar-refractivity contribution in [3.05, 3.63) is 64.7 Å². The predicted molar refractivity (Wildman–Crippen MR) is 72.3 cm³/mol. The summed E-state index contributed by atoms with van der Waals surface area (Å²) >= 11 is -2.56. The van der Waals surface area contributed by atoms with Gasteiger partial charge in [0.05, 0.1) is 11.3 Å². The van der Waals surface area contributed by atoms with E-state index in [0.29, 0.717) is 5.56 Å². The number of benzene rings is 2. The summed E-state index contributed by atoms with van der Waals surface area (Å²) in [5, 5.41) is 0. The van der Waals surface area contributed by atoms with Gasteiger partial charge < -0.3 is 9.27 Å². The van der Waals surface area contributed by atoms with Crippen molar-refractivity contribution in [3.63, 3.8) is 0 Å². The number of hydrogen-bond donors (Lipinski definition) is 1. The van der Waals surface area contributed by atoms with Crippen LogP contribution in [0.1, 0.15) is 31.8 Å². The van der Waals surface area contributed by atoms with Crippen LogP contribution in [0.5, 0.6) is 0 Å². The average molecular weight is 286 g/mol. The molecule has 2 aromatic rings. The molecule has 6 heteroatoms. The maximum Gasteiger partial charge on any atom is 0.196 e. The van der Waals surface area contributed by atoms with Gasteiger partial charge in [0, 0.05) is 28.0 Å². The smallest absolute Gasteiger partial charge is 0.196 e. The molecule has 1 aliphatic carbocycles. The molecule has 1 atom stereocenters. The number of nitrogens with one attached hydrogen (secondary N) is 1. The van der Waals surface area contributed by atoms with Gasteiger partial charge in [-0.05, 0) is 6.07 Å². The second kappa shape index (κ2) is 4.66. The van der Waals surface area contributed by atoms with E-state index in [2.05, 4.69) is 4.72 Å². The van der Waals surface area contributed by atoms with Crippen LogP contribution in [0.4, 0.5) is 5.69 Å². The van der Waals surface area contributed by atoms with E-state index in [0.717, 1.165) is 0 Å². The Bertz CT molecular complexity index is 770. The lowest BCUT2D eigenvalue weighted by Crippen LogP contribution is -2.22. The van der Waals surface area contributed by atoms with Crippen LogP contribution in [0.2, 0.25) is 0 Å². The summed E-state index contributed by atoms with van der Waals surface area (Å²) in [6, 6.07) is 11.0. The summed E-state index contributed by atoms with van der Waals surface area (Å²) in [6.45, 7) is 0. The number of rotatable bonds is 2. The van der Waals surface area contributed by atoms with Gasteiger partial charge in [0.25, 0.3) is 0 Å². The van der Waals surface area contributed by atoms with Crippen LogP contribution < -0.4 is 4.72 Å². The van der Waals surface area contributed by atoms with Crippen molar-refractivity contribution >= 4 is 28.5 Å². The second-order valence-corrected chi connectivity index (χ2v) is 4.94. The zero-order chi connectivity index (χ0) is 14.3. The molecule has 2 aromatic carbocycles. The van der Waals surface area contributed by atoms with Crippen LogP contribution >= 0.6 is 0 Å². The van der Waals surface area contributed by atoms with Gasteiger partial charge in [-0.2, -0.15) is 0 Å². The van der Waals surface area contributed by atoms with E-state index in [-0.39, 0.29) is 33.9 Å². The summed E-state index contributed by atoms with van der Waals surface area (Å²) < 4.78 is 23.7. The zero-order valence-corrected chi connectivity index (χ0v) is 10.9. The van der Waals surface area contributed by atoms with Crippen molar-refractivity contribution in [1.82, 2.24) is 0 Å². The Hall–Kier alpha value is -2.31. The Morgan fingerprint density at radius 3 is 2.10 bits per heavy atom. The molecule has 0 spiro atoms. The molecule has 1 N–H and O–H groups in total. The quantitative estimate of drug-likeness (QED) is 0.726. The highest BCUT2D eigenvalue weighted by atomic mass is 32.2. The molecule has 1 aliphatic rings. The van der Waals surface area contributed by atoms with Crippen molar-refractivity contribution in [2.24, 2.45) is 0 Å². The van der Waals surface area contributed by atoms with Crippen molar-refractivity contribution in [3.8, 4) is 0 Å². The Labute approximate surface area is 117 Å². The highest BCUT2D eigenvalue weighted by molar-refractivity contribution is 7.80. The maximum absolute atomic E-state index is 12.5. The van der Waals surface area contributed by atoms with E-state index < -0.39 is 11.3 Å². The fourth-order valence-electron chi connectivity index (χ4n) is 2.32. The fourth-order valence-corrected chi connectivity index (χ4v) is 2.67. The summed E-state index contributed by atoms with van der Waals surface area (Å²) in [5.41, 5.74) is 1.05. The molecule has 0 amide bonds. The minimum absolute atomic E-state index is 0.0976. The highest BCUT2D eigenvalue weighted by Gasteiger charge is 2.31.